The van der Waals surface area contributed by atoms with Crippen molar-refractivity contribution in [3.8, 4) is 5.75 Å². The number of nitrogens with one attached hydrogen (secondary N) is 1. The molecule has 5 nitrogen and oxygen atoms in total. The standard InChI is InChI=1S/C22H28N2O3/c1-16-10-11-17(2)20(14-16)27-15-21(25)24(18(3)22(26)23-4)13-12-19-8-6-5-7-9-19/h5-11,14,18H,12-13,15H2,1-4H3,(H,23,26)/t18-/m1/s1. The topological polar surface area (TPSA) is 58.6 Å². The lowest BCUT2D eigenvalue weighted by molar-refractivity contribution is -0.141. The van der Waals surface area contributed by atoms with Gasteiger partial charge in [0, 0.05) is 13.6 Å². The van der Waals surface area contributed by atoms with Gasteiger partial charge in [0.15, 0.2) is 6.61 Å². The number of likely N-dealkylation sites (N-methyl/N-ethyl adjacent to an activating group) is 1. The van der Waals surface area contributed by atoms with Crippen molar-refractivity contribution in [3.05, 3.63) is 65.2 Å². The van der Waals surface area contributed by atoms with E-state index in [1.165, 1.54) is 0 Å². The molecular weight excluding hydrogens is 340 g/mol. The van der Waals surface area contributed by atoms with Crippen molar-refractivity contribution in [2.75, 3.05) is 20.2 Å². The number of rotatable bonds is 8. The van der Waals surface area contributed by atoms with E-state index in [1.807, 2.05) is 62.4 Å². The van der Waals surface area contributed by atoms with Crippen molar-refractivity contribution in [1.82, 2.24) is 10.2 Å². The van der Waals surface area contributed by atoms with Gasteiger partial charge in [-0.1, -0.05) is 42.5 Å². The predicted molar refractivity (Wildman–Crippen MR) is 107 cm³/mol. The largest absolute Gasteiger partial charge is 0.483 e. The van der Waals surface area contributed by atoms with E-state index in [2.05, 4.69) is 5.32 Å². The second-order valence-electron chi connectivity index (χ2n) is 6.67. The van der Waals surface area contributed by atoms with E-state index in [9.17, 15) is 9.59 Å². The molecule has 27 heavy (non-hydrogen) atoms. The molecule has 2 aromatic carbocycles. The van der Waals surface area contributed by atoms with Gasteiger partial charge in [-0.2, -0.15) is 0 Å². The second kappa shape index (κ2) is 9.76. The Morgan fingerprint density at radius 2 is 1.81 bits per heavy atom. The lowest BCUT2D eigenvalue weighted by Gasteiger charge is -2.28. The Morgan fingerprint density at radius 1 is 1.11 bits per heavy atom. The molecule has 1 atom stereocenters. The number of benzene rings is 2. The molecule has 0 radical (unpaired) electrons. The lowest BCUT2D eigenvalue weighted by atomic mass is 10.1. The van der Waals surface area contributed by atoms with Crippen LogP contribution in [0.3, 0.4) is 0 Å². The first-order valence-corrected chi connectivity index (χ1v) is 9.17. The van der Waals surface area contributed by atoms with Gasteiger partial charge >= 0.3 is 0 Å². The third-order valence-corrected chi connectivity index (χ3v) is 4.59. The summed E-state index contributed by atoms with van der Waals surface area (Å²) in [6.07, 6.45) is 0.678. The van der Waals surface area contributed by atoms with Crippen LogP contribution in [0.5, 0.6) is 5.75 Å². The molecule has 5 heteroatoms. The Morgan fingerprint density at radius 3 is 2.48 bits per heavy atom. The Balaban J connectivity index is 2.07. The number of carbonyl (C=O) groups is 2. The van der Waals surface area contributed by atoms with E-state index in [0.29, 0.717) is 18.7 Å². The maximum Gasteiger partial charge on any atom is 0.261 e. The summed E-state index contributed by atoms with van der Waals surface area (Å²) in [5.41, 5.74) is 3.17. The molecule has 0 bridgehead atoms. The quantitative estimate of drug-likeness (QED) is 0.779. The van der Waals surface area contributed by atoms with Gasteiger partial charge in [0.05, 0.1) is 0 Å². The van der Waals surface area contributed by atoms with Crippen molar-refractivity contribution in [1.29, 1.82) is 0 Å². The number of nitrogens with zero attached hydrogens (tertiary/aromatic N) is 1. The first-order chi connectivity index (χ1) is 12.9. The molecule has 0 saturated carbocycles. The van der Waals surface area contributed by atoms with Gasteiger partial charge in [0.25, 0.3) is 5.91 Å². The summed E-state index contributed by atoms with van der Waals surface area (Å²) >= 11 is 0. The van der Waals surface area contributed by atoms with E-state index in [1.54, 1.807) is 18.9 Å². The van der Waals surface area contributed by atoms with Gasteiger partial charge in [-0.3, -0.25) is 9.59 Å². The van der Waals surface area contributed by atoms with Gasteiger partial charge in [-0.05, 0) is 49.9 Å². The third kappa shape index (κ3) is 5.84. The molecule has 0 unspecified atom stereocenters. The van der Waals surface area contributed by atoms with Crippen molar-refractivity contribution >= 4 is 11.8 Å². The molecule has 0 aliphatic heterocycles. The number of hydrogen-bond donors (Lipinski definition) is 1. The van der Waals surface area contributed by atoms with Gasteiger partial charge in [0.2, 0.25) is 5.91 Å². The Labute approximate surface area is 161 Å². The minimum absolute atomic E-state index is 0.0968. The Bertz CT molecular complexity index is 774. The summed E-state index contributed by atoms with van der Waals surface area (Å²) in [6, 6.07) is 15.2. The van der Waals surface area contributed by atoms with Crippen LogP contribution >= 0.6 is 0 Å². The zero-order valence-electron chi connectivity index (χ0n) is 16.5. The van der Waals surface area contributed by atoms with Crippen LogP contribution in [0, 0.1) is 13.8 Å². The molecule has 0 heterocycles. The highest BCUT2D eigenvalue weighted by Gasteiger charge is 2.25. The van der Waals surface area contributed by atoms with Gasteiger partial charge in [-0.15, -0.1) is 0 Å². The highest BCUT2D eigenvalue weighted by Crippen LogP contribution is 2.19. The maximum atomic E-state index is 12.8. The van der Waals surface area contributed by atoms with E-state index in [4.69, 9.17) is 4.74 Å². The van der Waals surface area contributed by atoms with Crippen molar-refractivity contribution in [2.45, 2.75) is 33.2 Å². The summed E-state index contributed by atoms with van der Waals surface area (Å²) in [5.74, 6) is 0.296. The Kier molecular flexibility index (Phi) is 7.41. The van der Waals surface area contributed by atoms with Crippen molar-refractivity contribution in [3.63, 3.8) is 0 Å². The highest BCUT2D eigenvalue weighted by molar-refractivity contribution is 5.87. The zero-order chi connectivity index (χ0) is 19.8. The molecule has 2 rings (SSSR count). The fourth-order valence-corrected chi connectivity index (χ4v) is 2.86. The first-order valence-electron chi connectivity index (χ1n) is 9.17. The summed E-state index contributed by atoms with van der Waals surface area (Å²) in [7, 11) is 1.57. The van der Waals surface area contributed by atoms with Gasteiger partial charge < -0.3 is 15.0 Å². The van der Waals surface area contributed by atoms with Crippen LogP contribution in [0.1, 0.15) is 23.6 Å². The number of hydrogen-bond acceptors (Lipinski definition) is 3. The van der Waals surface area contributed by atoms with Crippen LogP contribution in [-0.2, 0) is 16.0 Å². The molecule has 144 valence electrons. The molecule has 0 spiro atoms. The summed E-state index contributed by atoms with van der Waals surface area (Å²) < 4.78 is 5.75. The Hall–Kier alpha value is -2.82. The van der Waals surface area contributed by atoms with Crippen LogP contribution in [0.2, 0.25) is 0 Å². The van der Waals surface area contributed by atoms with Crippen LogP contribution in [0.15, 0.2) is 48.5 Å². The minimum atomic E-state index is -0.562. The molecular formula is C22H28N2O3. The number of ether oxygens (including phenoxy) is 1. The average Bonchev–Trinajstić information content (AvgIpc) is 2.68. The van der Waals surface area contributed by atoms with Crippen LogP contribution in [0.25, 0.3) is 0 Å². The molecule has 0 aromatic heterocycles. The lowest BCUT2D eigenvalue weighted by Crippen LogP contribution is -2.49. The normalized spacial score (nSPS) is 11.6. The fourth-order valence-electron chi connectivity index (χ4n) is 2.86. The van der Waals surface area contributed by atoms with E-state index in [-0.39, 0.29) is 18.4 Å². The summed E-state index contributed by atoms with van der Waals surface area (Å²) in [6.45, 7) is 6.02. The van der Waals surface area contributed by atoms with E-state index < -0.39 is 6.04 Å². The second-order valence-corrected chi connectivity index (χ2v) is 6.67. The molecule has 0 saturated heterocycles. The maximum absolute atomic E-state index is 12.8. The van der Waals surface area contributed by atoms with Crippen LogP contribution in [-0.4, -0.2) is 43.0 Å². The summed E-state index contributed by atoms with van der Waals surface area (Å²) in [5, 5.41) is 2.62. The number of amides is 2. The highest BCUT2D eigenvalue weighted by atomic mass is 16.5. The van der Waals surface area contributed by atoms with Gasteiger partial charge in [-0.25, -0.2) is 0 Å². The van der Waals surface area contributed by atoms with Crippen LogP contribution in [0.4, 0.5) is 0 Å². The number of carbonyl (C=O) groups excluding carboxylic acids is 2. The molecule has 0 fully saturated rings. The molecule has 0 aliphatic carbocycles. The number of aryl methyl sites for hydroxylation is 2. The molecule has 0 aliphatic rings. The molecule has 1 N–H and O–H groups in total. The molecule has 2 aromatic rings. The summed E-state index contributed by atoms with van der Waals surface area (Å²) in [4.78, 5) is 26.5. The molecule has 2 amide bonds. The van der Waals surface area contributed by atoms with Crippen LogP contribution < -0.4 is 10.1 Å². The van der Waals surface area contributed by atoms with E-state index in [0.717, 1.165) is 16.7 Å². The zero-order valence-corrected chi connectivity index (χ0v) is 16.5. The smallest absolute Gasteiger partial charge is 0.261 e. The van der Waals surface area contributed by atoms with Crippen molar-refractivity contribution < 1.29 is 14.3 Å². The third-order valence-electron chi connectivity index (χ3n) is 4.59. The monoisotopic (exact) mass is 368 g/mol. The SMILES string of the molecule is CNC(=O)[C@@H](C)N(CCc1ccccc1)C(=O)COc1cc(C)ccc1C. The average molecular weight is 368 g/mol. The van der Waals surface area contributed by atoms with Gasteiger partial charge in [0.1, 0.15) is 11.8 Å². The van der Waals surface area contributed by atoms with E-state index >= 15 is 0 Å². The van der Waals surface area contributed by atoms with Crippen molar-refractivity contribution in [2.24, 2.45) is 0 Å². The minimum Gasteiger partial charge on any atom is -0.483 e. The predicted octanol–water partition coefficient (Wildman–Crippen LogP) is 2.89. The first kappa shape index (κ1) is 20.5. The fraction of sp³-hybridized carbons (Fsp3) is 0.364.